The van der Waals surface area contributed by atoms with Crippen molar-refractivity contribution < 1.29 is 9.94 Å². The molecular formula is C15H21NO2. The number of oxime groups is 1. The van der Waals surface area contributed by atoms with Crippen molar-refractivity contribution in [1.29, 1.82) is 0 Å². The van der Waals surface area contributed by atoms with Gasteiger partial charge in [0.2, 0.25) is 0 Å². The average molecular weight is 247 g/mol. The molecule has 0 heterocycles. The Bertz CT molecular complexity index is 409. The molecule has 1 saturated carbocycles. The summed E-state index contributed by atoms with van der Waals surface area (Å²) in [6.45, 7) is 2.58. The molecule has 18 heavy (non-hydrogen) atoms. The molecule has 0 amide bonds. The molecular weight excluding hydrogens is 226 g/mol. The van der Waals surface area contributed by atoms with Crippen molar-refractivity contribution in [2.75, 3.05) is 6.61 Å². The summed E-state index contributed by atoms with van der Waals surface area (Å²) in [5, 5.41) is 12.0. The molecule has 0 unspecified atom stereocenters. The van der Waals surface area contributed by atoms with E-state index in [-0.39, 0.29) is 0 Å². The van der Waals surface area contributed by atoms with Gasteiger partial charge < -0.3 is 9.94 Å². The molecule has 2 rings (SSSR count). The number of hydrogen-bond acceptors (Lipinski definition) is 3. The molecule has 1 N–H and O–H groups in total. The molecule has 0 radical (unpaired) electrons. The molecule has 0 aliphatic heterocycles. The highest BCUT2D eigenvalue weighted by molar-refractivity contribution is 5.98. The van der Waals surface area contributed by atoms with Crippen molar-refractivity contribution >= 4 is 5.71 Å². The molecule has 1 aliphatic carbocycles. The normalized spacial score (nSPS) is 17.7. The van der Waals surface area contributed by atoms with Crippen LogP contribution in [-0.4, -0.2) is 17.5 Å². The first-order valence-corrected chi connectivity index (χ1v) is 6.71. The van der Waals surface area contributed by atoms with Gasteiger partial charge in [0.25, 0.3) is 0 Å². The molecule has 1 aromatic rings. The Hall–Kier alpha value is -1.51. The zero-order valence-corrected chi connectivity index (χ0v) is 10.9. The van der Waals surface area contributed by atoms with Crippen molar-refractivity contribution in [1.82, 2.24) is 0 Å². The monoisotopic (exact) mass is 247 g/mol. The van der Waals surface area contributed by atoms with Crippen LogP contribution in [0.4, 0.5) is 0 Å². The van der Waals surface area contributed by atoms with Crippen molar-refractivity contribution in [2.24, 2.45) is 11.1 Å². The summed E-state index contributed by atoms with van der Waals surface area (Å²) in [4.78, 5) is 0. The second kappa shape index (κ2) is 6.43. The summed E-state index contributed by atoms with van der Waals surface area (Å²) in [5.74, 6) is 1.57. The lowest BCUT2D eigenvalue weighted by Crippen LogP contribution is -2.15. The Morgan fingerprint density at radius 3 is 2.83 bits per heavy atom. The van der Waals surface area contributed by atoms with Gasteiger partial charge in [-0.1, -0.05) is 36.6 Å². The van der Waals surface area contributed by atoms with Gasteiger partial charge in [0, 0.05) is 5.56 Å². The number of hydrogen-bond donors (Lipinski definition) is 1. The SMILES string of the molecule is C/C(=N\O)c1cccc(OCC2CCCCC2)c1. The van der Waals surface area contributed by atoms with E-state index in [9.17, 15) is 0 Å². The summed E-state index contributed by atoms with van der Waals surface area (Å²) in [6.07, 6.45) is 6.63. The van der Waals surface area contributed by atoms with Crippen LogP contribution in [0.15, 0.2) is 29.4 Å². The van der Waals surface area contributed by atoms with E-state index in [4.69, 9.17) is 9.94 Å². The lowest BCUT2D eigenvalue weighted by atomic mass is 9.90. The molecule has 0 aromatic heterocycles. The molecule has 0 bridgehead atoms. The first-order chi connectivity index (χ1) is 8.79. The summed E-state index contributed by atoms with van der Waals surface area (Å²) in [6, 6.07) is 7.73. The van der Waals surface area contributed by atoms with Gasteiger partial charge >= 0.3 is 0 Å². The van der Waals surface area contributed by atoms with E-state index in [0.29, 0.717) is 11.6 Å². The second-order valence-corrected chi connectivity index (χ2v) is 5.03. The summed E-state index contributed by atoms with van der Waals surface area (Å²) >= 11 is 0. The molecule has 0 atom stereocenters. The van der Waals surface area contributed by atoms with E-state index in [1.165, 1.54) is 32.1 Å². The van der Waals surface area contributed by atoms with Crippen LogP contribution in [0.1, 0.15) is 44.6 Å². The van der Waals surface area contributed by atoms with Gasteiger partial charge in [-0.15, -0.1) is 0 Å². The smallest absolute Gasteiger partial charge is 0.119 e. The third-order valence-electron chi connectivity index (χ3n) is 3.61. The summed E-state index contributed by atoms with van der Waals surface area (Å²) in [7, 11) is 0. The van der Waals surface area contributed by atoms with Gasteiger partial charge in [-0.3, -0.25) is 0 Å². The van der Waals surface area contributed by atoms with Gasteiger partial charge in [0.15, 0.2) is 0 Å². The van der Waals surface area contributed by atoms with E-state index in [2.05, 4.69) is 5.16 Å². The Balaban J connectivity index is 1.92. The number of benzene rings is 1. The minimum Gasteiger partial charge on any atom is -0.493 e. The average Bonchev–Trinajstić information content (AvgIpc) is 2.45. The predicted molar refractivity (Wildman–Crippen MR) is 72.5 cm³/mol. The van der Waals surface area contributed by atoms with Crippen LogP contribution in [0.2, 0.25) is 0 Å². The third kappa shape index (κ3) is 3.49. The number of rotatable bonds is 4. The highest BCUT2D eigenvalue weighted by atomic mass is 16.5. The minimum absolute atomic E-state index is 0.609. The maximum atomic E-state index is 8.76. The maximum absolute atomic E-state index is 8.76. The molecule has 0 saturated heterocycles. The first kappa shape index (κ1) is 12.9. The highest BCUT2D eigenvalue weighted by Crippen LogP contribution is 2.24. The maximum Gasteiger partial charge on any atom is 0.119 e. The quantitative estimate of drug-likeness (QED) is 0.499. The molecule has 3 heteroatoms. The van der Waals surface area contributed by atoms with Crippen molar-refractivity contribution in [3.8, 4) is 5.75 Å². The molecule has 1 fully saturated rings. The van der Waals surface area contributed by atoms with E-state index < -0.39 is 0 Å². The van der Waals surface area contributed by atoms with Crippen LogP contribution < -0.4 is 4.74 Å². The first-order valence-electron chi connectivity index (χ1n) is 6.71. The Labute approximate surface area is 108 Å². The third-order valence-corrected chi connectivity index (χ3v) is 3.61. The Morgan fingerprint density at radius 1 is 1.33 bits per heavy atom. The van der Waals surface area contributed by atoms with Crippen molar-refractivity contribution in [3.05, 3.63) is 29.8 Å². The molecule has 98 valence electrons. The largest absolute Gasteiger partial charge is 0.493 e. The minimum atomic E-state index is 0.609. The fourth-order valence-electron chi connectivity index (χ4n) is 2.44. The summed E-state index contributed by atoms with van der Waals surface area (Å²) in [5.41, 5.74) is 1.51. The second-order valence-electron chi connectivity index (χ2n) is 5.03. The number of nitrogens with zero attached hydrogens (tertiary/aromatic N) is 1. The van der Waals surface area contributed by atoms with Crippen molar-refractivity contribution in [2.45, 2.75) is 39.0 Å². The van der Waals surface area contributed by atoms with Crippen molar-refractivity contribution in [3.63, 3.8) is 0 Å². The van der Waals surface area contributed by atoms with Crippen LogP contribution in [0.5, 0.6) is 5.75 Å². The standard InChI is InChI=1S/C15H21NO2/c1-12(16-17)14-8-5-9-15(10-14)18-11-13-6-3-2-4-7-13/h5,8-10,13,17H,2-4,6-7,11H2,1H3/b16-12+. The fraction of sp³-hybridized carbons (Fsp3) is 0.533. The lowest BCUT2D eigenvalue weighted by Gasteiger charge is -2.21. The van der Waals surface area contributed by atoms with Crippen LogP contribution in [0.25, 0.3) is 0 Å². The van der Waals surface area contributed by atoms with Gasteiger partial charge in [0.05, 0.1) is 12.3 Å². The highest BCUT2D eigenvalue weighted by Gasteiger charge is 2.14. The molecule has 1 aromatic carbocycles. The van der Waals surface area contributed by atoms with Gasteiger partial charge in [0.1, 0.15) is 5.75 Å². The van der Waals surface area contributed by atoms with E-state index in [0.717, 1.165) is 17.9 Å². The molecule has 1 aliphatic rings. The predicted octanol–water partition coefficient (Wildman–Crippen LogP) is 3.84. The van der Waals surface area contributed by atoms with Gasteiger partial charge in [-0.25, -0.2) is 0 Å². The van der Waals surface area contributed by atoms with Crippen LogP contribution in [0.3, 0.4) is 0 Å². The topological polar surface area (TPSA) is 41.8 Å². The van der Waals surface area contributed by atoms with Gasteiger partial charge in [-0.05, 0) is 37.8 Å². The fourth-order valence-corrected chi connectivity index (χ4v) is 2.44. The lowest BCUT2D eigenvalue weighted by molar-refractivity contribution is 0.209. The van der Waals surface area contributed by atoms with Gasteiger partial charge in [-0.2, -0.15) is 0 Å². The van der Waals surface area contributed by atoms with E-state index in [1.807, 2.05) is 24.3 Å². The Morgan fingerprint density at radius 2 is 2.11 bits per heavy atom. The molecule has 0 spiro atoms. The zero-order chi connectivity index (χ0) is 12.8. The van der Waals surface area contributed by atoms with E-state index >= 15 is 0 Å². The van der Waals surface area contributed by atoms with Crippen LogP contribution in [0, 0.1) is 5.92 Å². The number of ether oxygens (including phenoxy) is 1. The molecule has 3 nitrogen and oxygen atoms in total. The Kier molecular flexibility index (Phi) is 4.62. The zero-order valence-electron chi connectivity index (χ0n) is 10.9. The van der Waals surface area contributed by atoms with E-state index in [1.54, 1.807) is 6.92 Å². The summed E-state index contributed by atoms with van der Waals surface area (Å²) < 4.78 is 5.84. The van der Waals surface area contributed by atoms with Crippen LogP contribution >= 0.6 is 0 Å². The van der Waals surface area contributed by atoms with Crippen LogP contribution in [-0.2, 0) is 0 Å².